The zero-order valence-electron chi connectivity index (χ0n) is 17.2. The van der Waals surface area contributed by atoms with Gasteiger partial charge in [0.15, 0.2) is 0 Å². The number of hydrogen-bond acceptors (Lipinski definition) is 6. The predicted octanol–water partition coefficient (Wildman–Crippen LogP) is 3.24. The van der Waals surface area contributed by atoms with Crippen molar-refractivity contribution in [2.45, 2.75) is 6.04 Å². The largest absolute Gasteiger partial charge is 0.379 e. The molecule has 166 valence electrons. The summed E-state index contributed by atoms with van der Waals surface area (Å²) in [5.74, 6) is -0.393. The Bertz CT molecular complexity index is 1100. The Morgan fingerprint density at radius 2 is 2.03 bits per heavy atom. The second-order valence-corrected chi connectivity index (χ2v) is 7.73. The van der Waals surface area contributed by atoms with Gasteiger partial charge in [-0.1, -0.05) is 29.8 Å². The minimum absolute atomic E-state index is 0.142. The van der Waals surface area contributed by atoms with Gasteiger partial charge in [-0.3, -0.25) is 19.8 Å². The maximum Gasteiger partial charge on any atom is 0.294 e. The third-order valence-electron chi connectivity index (χ3n) is 5.42. The minimum atomic E-state index is -0.508. The van der Waals surface area contributed by atoms with E-state index in [4.69, 9.17) is 16.3 Å². The summed E-state index contributed by atoms with van der Waals surface area (Å²) in [5, 5.41) is 15.1. The number of imidazole rings is 1. The molecule has 4 rings (SSSR count). The standard InChI is InChI=1S/C22H22ClN5O4/c23-18-4-2-1-3-17(18)21(26-9-11-32-12-10-26)14-25-22(29)16-5-6-19(20(13-16)28(30)31)27-8-7-24-15-27/h1-8,13,15,21H,9-12,14H2,(H,25,29). The minimum Gasteiger partial charge on any atom is -0.379 e. The number of benzene rings is 2. The Hall–Kier alpha value is -3.27. The van der Waals surface area contributed by atoms with Crippen molar-refractivity contribution in [1.82, 2.24) is 19.8 Å². The zero-order valence-corrected chi connectivity index (χ0v) is 17.9. The van der Waals surface area contributed by atoms with Gasteiger partial charge in [-0.25, -0.2) is 4.98 Å². The van der Waals surface area contributed by atoms with Crippen LogP contribution in [0.5, 0.6) is 0 Å². The van der Waals surface area contributed by atoms with E-state index >= 15 is 0 Å². The molecule has 1 amide bonds. The Balaban J connectivity index is 1.55. The van der Waals surface area contributed by atoms with Crippen LogP contribution in [0.15, 0.2) is 61.2 Å². The van der Waals surface area contributed by atoms with Crippen LogP contribution >= 0.6 is 11.6 Å². The number of nitrogens with zero attached hydrogens (tertiary/aromatic N) is 4. The van der Waals surface area contributed by atoms with Crippen LogP contribution in [0.2, 0.25) is 5.02 Å². The Morgan fingerprint density at radius 3 is 2.72 bits per heavy atom. The number of amides is 1. The topological polar surface area (TPSA) is 103 Å². The van der Waals surface area contributed by atoms with E-state index in [1.54, 1.807) is 18.3 Å². The molecular weight excluding hydrogens is 434 g/mol. The molecule has 0 aliphatic carbocycles. The van der Waals surface area contributed by atoms with Gasteiger partial charge in [0.25, 0.3) is 11.6 Å². The van der Waals surface area contributed by atoms with Crippen LogP contribution in [0.1, 0.15) is 22.0 Å². The van der Waals surface area contributed by atoms with Crippen molar-refractivity contribution < 1.29 is 14.5 Å². The summed E-state index contributed by atoms with van der Waals surface area (Å²) in [6, 6.07) is 11.8. The van der Waals surface area contributed by atoms with Crippen LogP contribution < -0.4 is 5.32 Å². The molecule has 2 aromatic carbocycles. The first-order valence-electron chi connectivity index (χ1n) is 10.2. The van der Waals surface area contributed by atoms with Crippen LogP contribution in [0.3, 0.4) is 0 Å². The number of morpholine rings is 1. The molecule has 0 radical (unpaired) electrons. The predicted molar refractivity (Wildman–Crippen MR) is 119 cm³/mol. The molecule has 2 heterocycles. The molecule has 0 saturated carbocycles. The third-order valence-corrected chi connectivity index (χ3v) is 5.77. The number of carbonyl (C=O) groups is 1. The summed E-state index contributed by atoms with van der Waals surface area (Å²) in [6.07, 6.45) is 4.61. The fourth-order valence-corrected chi connectivity index (χ4v) is 4.05. The first-order valence-corrected chi connectivity index (χ1v) is 10.5. The van der Waals surface area contributed by atoms with E-state index in [2.05, 4.69) is 15.2 Å². The Labute approximate surface area is 189 Å². The number of halogens is 1. The summed E-state index contributed by atoms with van der Waals surface area (Å²) in [5.41, 5.74) is 1.29. The number of nitro benzene ring substituents is 1. The number of nitrogens with one attached hydrogen (secondary N) is 1. The second kappa shape index (κ2) is 9.90. The van der Waals surface area contributed by atoms with E-state index in [0.29, 0.717) is 30.5 Å². The van der Waals surface area contributed by atoms with Crippen LogP contribution in [0.4, 0.5) is 5.69 Å². The van der Waals surface area contributed by atoms with Gasteiger partial charge in [-0.15, -0.1) is 0 Å². The van der Waals surface area contributed by atoms with Crippen molar-refractivity contribution in [3.05, 3.63) is 87.4 Å². The van der Waals surface area contributed by atoms with E-state index in [1.807, 2.05) is 24.3 Å². The van der Waals surface area contributed by atoms with Gasteiger partial charge >= 0.3 is 0 Å². The molecule has 1 aromatic heterocycles. The number of ether oxygens (including phenoxy) is 1. The first-order chi connectivity index (χ1) is 15.5. The highest BCUT2D eigenvalue weighted by molar-refractivity contribution is 6.31. The highest BCUT2D eigenvalue weighted by Crippen LogP contribution is 2.28. The fourth-order valence-electron chi connectivity index (χ4n) is 3.79. The summed E-state index contributed by atoms with van der Waals surface area (Å²) in [7, 11) is 0. The Kier molecular flexibility index (Phi) is 6.79. The monoisotopic (exact) mass is 455 g/mol. The first kappa shape index (κ1) is 21.9. The lowest BCUT2D eigenvalue weighted by atomic mass is 10.0. The Morgan fingerprint density at radius 1 is 1.25 bits per heavy atom. The lowest BCUT2D eigenvalue weighted by Gasteiger charge is -2.35. The number of rotatable bonds is 7. The van der Waals surface area contributed by atoms with Crippen LogP contribution in [0, 0.1) is 10.1 Å². The maximum absolute atomic E-state index is 12.9. The van der Waals surface area contributed by atoms with Crippen molar-refractivity contribution in [3.63, 3.8) is 0 Å². The van der Waals surface area contributed by atoms with Crippen LogP contribution in [-0.2, 0) is 4.74 Å². The second-order valence-electron chi connectivity index (χ2n) is 7.33. The van der Waals surface area contributed by atoms with Crippen LogP contribution in [-0.4, -0.2) is 58.1 Å². The number of hydrogen-bond donors (Lipinski definition) is 1. The highest BCUT2D eigenvalue weighted by atomic mass is 35.5. The van der Waals surface area contributed by atoms with Crippen molar-refractivity contribution >= 4 is 23.2 Å². The molecule has 32 heavy (non-hydrogen) atoms. The van der Waals surface area contributed by atoms with Gasteiger partial charge in [-0.2, -0.15) is 0 Å². The van der Waals surface area contributed by atoms with E-state index in [-0.39, 0.29) is 17.3 Å². The zero-order chi connectivity index (χ0) is 22.5. The molecule has 1 aliphatic rings. The average molecular weight is 456 g/mol. The van der Waals surface area contributed by atoms with E-state index in [9.17, 15) is 14.9 Å². The van der Waals surface area contributed by atoms with Gasteiger partial charge in [0.2, 0.25) is 0 Å². The summed E-state index contributed by atoms with van der Waals surface area (Å²) in [6.45, 7) is 2.96. The molecule has 1 atom stereocenters. The maximum atomic E-state index is 12.9. The smallest absolute Gasteiger partial charge is 0.294 e. The molecule has 0 bridgehead atoms. The summed E-state index contributed by atoms with van der Waals surface area (Å²) >= 11 is 6.44. The molecule has 0 spiro atoms. The van der Waals surface area contributed by atoms with Gasteiger partial charge in [0.1, 0.15) is 5.69 Å². The summed E-state index contributed by atoms with van der Waals surface area (Å²) in [4.78, 5) is 30.1. The number of aromatic nitrogens is 2. The molecule has 1 N–H and O–H groups in total. The molecule has 1 unspecified atom stereocenters. The van der Waals surface area contributed by atoms with Crippen molar-refractivity contribution in [1.29, 1.82) is 0 Å². The van der Waals surface area contributed by atoms with Crippen molar-refractivity contribution in [2.24, 2.45) is 0 Å². The fraction of sp³-hybridized carbons (Fsp3) is 0.273. The van der Waals surface area contributed by atoms with Gasteiger partial charge in [-0.05, 0) is 23.8 Å². The number of nitro groups is 1. The lowest BCUT2D eigenvalue weighted by molar-refractivity contribution is -0.384. The van der Waals surface area contributed by atoms with Crippen LogP contribution in [0.25, 0.3) is 5.69 Å². The van der Waals surface area contributed by atoms with Gasteiger partial charge in [0, 0.05) is 48.7 Å². The SMILES string of the molecule is O=C(NCC(c1ccccc1Cl)N1CCOCC1)c1ccc(-n2ccnc2)c([N+](=O)[O-])c1. The molecular formula is C22H22ClN5O4. The van der Waals surface area contributed by atoms with E-state index < -0.39 is 10.8 Å². The number of carbonyl (C=O) groups excluding carboxylic acids is 1. The lowest BCUT2D eigenvalue weighted by Crippen LogP contribution is -2.44. The quantitative estimate of drug-likeness (QED) is 0.433. The van der Waals surface area contributed by atoms with Crippen molar-refractivity contribution in [2.75, 3.05) is 32.8 Å². The average Bonchev–Trinajstić information content (AvgIpc) is 3.35. The molecule has 1 saturated heterocycles. The molecule has 3 aromatic rings. The normalized spacial score (nSPS) is 15.3. The third kappa shape index (κ3) is 4.80. The van der Waals surface area contributed by atoms with Gasteiger partial charge in [0.05, 0.1) is 30.5 Å². The highest BCUT2D eigenvalue weighted by Gasteiger charge is 2.26. The van der Waals surface area contributed by atoms with Crippen molar-refractivity contribution in [3.8, 4) is 5.69 Å². The summed E-state index contributed by atoms with van der Waals surface area (Å²) < 4.78 is 6.99. The van der Waals surface area contributed by atoms with E-state index in [1.165, 1.54) is 23.2 Å². The molecule has 1 aliphatic heterocycles. The van der Waals surface area contributed by atoms with E-state index in [0.717, 1.165) is 18.7 Å². The molecule has 10 heteroatoms. The molecule has 1 fully saturated rings. The van der Waals surface area contributed by atoms with Gasteiger partial charge < -0.3 is 14.6 Å². The molecule has 9 nitrogen and oxygen atoms in total.